The molecule has 104 valence electrons. The van der Waals surface area contributed by atoms with E-state index < -0.39 is 0 Å². The van der Waals surface area contributed by atoms with Crippen molar-refractivity contribution >= 4 is 11.3 Å². The first-order valence-electron chi connectivity index (χ1n) is 6.96. The number of aryl methyl sites for hydroxylation is 1. The summed E-state index contributed by atoms with van der Waals surface area (Å²) in [5.41, 5.74) is 1.26. The monoisotopic (exact) mass is 277 g/mol. The van der Waals surface area contributed by atoms with Gasteiger partial charge in [-0.3, -0.25) is 0 Å². The number of hydrogen-bond acceptors (Lipinski definition) is 3. The van der Waals surface area contributed by atoms with Gasteiger partial charge in [-0.05, 0) is 31.0 Å². The summed E-state index contributed by atoms with van der Waals surface area (Å²) in [5.74, 6) is 0.681. The van der Waals surface area contributed by atoms with Gasteiger partial charge >= 0.3 is 0 Å². The standard InChI is InChI=1S/C15H23N3S/c1-4-14-5-6-15(19-14)10-18-11-17-9-13(18)8-16-7-12(2)3/h5-6,9,11-12,16H,4,7-8,10H2,1-3H3. The normalized spacial score (nSPS) is 11.4. The van der Waals surface area contributed by atoms with Crippen molar-refractivity contribution in [2.24, 2.45) is 5.92 Å². The van der Waals surface area contributed by atoms with Gasteiger partial charge < -0.3 is 9.88 Å². The molecule has 2 aromatic heterocycles. The Morgan fingerprint density at radius 1 is 1.32 bits per heavy atom. The van der Waals surface area contributed by atoms with Crippen LogP contribution in [0.25, 0.3) is 0 Å². The second kappa shape index (κ2) is 6.87. The lowest BCUT2D eigenvalue weighted by Crippen LogP contribution is -2.20. The summed E-state index contributed by atoms with van der Waals surface area (Å²) < 4.78 is 2.23. The molecule has 0 aliphatic rings. The van der Waals surface area contributed by atoms with Gasteiger partial charge in [-0.25, -0.2) is 4.98 Å². The van der Waals surface area contributed by atoms with E-state index in [1.807, 2.05) is 23.9 Å². The zero-order valence-electron chi connectivity index (χ0n) is 12.0. The Kier molecular flexibility index (Phi) is 5.16. The van der Waals surface area contributed by atoms with Gasteiger partial charge in [0.15, 0.2) is 0 Å². The van der Waals surface area contributed by atoms with Gasteiger partial charge in [0.25, 0.3) is 0 Å². The van der Waals surface area contributed by atoms with Crippen LogP contribution in [0.2, 0.25) is 0 Å². The van der Waals surface area contributed by atoms with Gasteiger partial charge in [0.05, 0.1) is 18.6 Å². The Balaban J connectivity index is 1.95. The van der Waals surface area contributed by atoms with Crippen molar-refractivity contribution < 1.29 is 0 Å². The molecular weight excluding hydrogens is 254 g/mol. The smallest absolute Gasteiger partial charge is 0.0952 e. The van der Waals surface area contributed by atoms with E-state index in [1.54, 1.807) is 0 Å². The minimum Gasteiger partial charge on any atom is -0.328 e. The molecule has 1 N–H and O–H groups in total. The lowest BCUT2D eigenvalue weighted by Gasteiger charge is -2.09. The highest BCUT2D eigenvalue weighted by Crippen LogP contribution is 2.18. The highest BCUT2D eigenvalue weighted by Gasteiger charge is 2.05. The van der Waals surface area contributed by atoms with Crippen molar-refractivity contribution in [1.82, 2.24) is 14.9 Å². The van der Waals surface area contributed by atoms with Crippen molar-refractivity contribution in [2.45, 2.75) is 40.3 Å². The molecule has 0 spiro atoms. The van der Waals surface area contributed by atoms with Crippen molar-refractivity contribution in [3.63, 3.8) is 0 Å². The molecule has 0 unspecified atom stereocenters. The van der Waals surface area contributed by atoms with Crippen LogP contribution in [-0.2, 0) is 19.5 Å². The Labute approximate surface area is 119 Å². The van der Waals surface area contributed by atoms with Crippen LogP contribution in [0, 0.1) is 5.92 Å². The summed E-state index contributed by atoms with van der Waals surface area (Å²) >= 11 is 1.90. The van der Waals surface area contributed by atoms with E-state index >= 15 is 0 Å². The third-order valence-corrected chi connectivity index (χ3v) is 4.26. The van der Waals surface area contributed by atoms with Crippen molar-refractivity contribution in [3.8, 4) is 0 Å². The second-order valence-electron chi connectivity index (χ2n) is 5.26. The molecule has 0 bridgehead atoms. The van der Waals surface area contributed by atoms with E-state index in [-0.39, 0.29) is 0 Å². The van der Waals surface area contributed by atoms with Crippen LogP contribution >= 0.6 is 11.3 Å². The molecule has 0 aliphatic carbocycles. The fourth-order valence-electron chi connectivity index (χ4n) is 1.99. The van der Waals surface area contributed by atoms with E-state index in [0.717, 1.165) is 26.1 Å². The highest BCUT2D eigenvalue weighted by molar-refractivity contribution is 7.11. The van der Waals surface area contributed by atoms with Gasteiger partial charge in [0.2, 0.25) is 0 Å². The largest absolute Gasteiger partial charge is 0.328 e. The molecule has 0 saturated heterocycles. The summed E-state index contributed by atoms with van der Waals surface area (Å²) in [6.07, 6.45) is 5.01. The molecule has 0 aliphatic heterocycles. The maximum atomic E-state index is 4.27. The Morgan fingerprint density at radius 3 is 2.79 bits per heavy atom. The third kappa shape index (κ3) is 4.18. The van der Waals surface area contributed by atoms with Crippen LogP contribution in [0.5, 0.6) is 0 Å². The van der Waals surface area contributed by atoms with Crippen LogP contribution < -0.4 is 5.32 Å². The first-order chi connectivity index (χ1) is 9.19. The average molecular weight is 277 g/mol. The molecule has 0 atom stereocenters. The first-order valence-corrected chi connectivity index (χ1v) is 7.78. The van der Waals surface area contributed by atoms with Gasteiger partial charge in [-0.1, -0.05) is 20.8 Å². The quantitative estimate of drug-likeness (QED) is 0.841. The first kappa shape index (κ1) is 14.3. The maximum Gasteiger partial charge on any atom is 0.0952 e. The van der Waals surface area contributed by atoms with Crippen LogP contribution in [0.4, 0.5) is 0 Å². The van der Waals surface area contributed by atoms with Crippen molar-refractivity contribution in [3.05, 3.63) is 40.1 Å². The number of nitrogens with one attached hydrogen (secondary N) is 1. The average Bonchev–Trinajstić information content (AvgIpc) is 2.99. The molecule has 0 fully saturated rings. The van der Waals surface area contributed by atoms with Crippen LogP contribution in [0.1, 0.15) is 36.2 Å². The second-order valence-corrected chi connectivity index (χ2v) is 6.51. The van der Waals surface area contributed by atoms with E-state index in [2.05, 4.69) is 47.8 Å². The van der Waals surface area contributed by atoms with Gasteiger partial charge in [0, 0.05) is 22.5 Å². The fourth-order valence-corrected chi connectivity index (χ4v) is 2.95. The summed E-state index contributed by atoms with van der Waals surface area (Å²) in [7, 11) is 0. The molecule has 2 rings (SSSR count). The van der Waals surface area contributed by atoms with Crippen LogP contribution in [0.3, 0.4) is 0 Å². The Hall–Kier alpha value is -1.13. The van der Waals surface area contributed by atoms with Crippen molar-refractivity contribution in [1.29, 1.82) is 0 Å². The van der Waals surface area contributed by atoms with Crippen LogP contribution in [0.15, 0.2) is 24.7 Å². The number of thiophene rings is 1. The fraction of sp³-hybridized carbons (Fsp3) is 0.533. The van der Waals surface area contributed by atoms with E-state index in [9.17, 15) is 0 Å². The number of imidazole rings is 1. The molecule has 0 amide bonds. The van der Waals surface area contributed by atoms with Gasteiger partial charge in [-0.15, -0.1) is 11.3 Å². The van der Waals surface area contributed by atoms with Gasteiger partial charge in [-0.2, -0.15) is 0 Å². The molecule has 0 saturated carbocycles. The summed E-state index contributed by atoms with van der Waals surface area (Å²) in [5, 5.41) is 3.47. The number of nitrogens with zero attached hydrogens (tertiary/aromatic N) is 2. The highest BCUT2D eigenvalue weighted by atomic mass is 32.1. The molecule has 2 heterocycles. The zero-order chi connectivity index (χ0) is 13.7. The molecular formula is C15H23N3S. The van der Waals surface area contributed by atoms with Crippen molar-refractivity contribution in [2.75, 3.05) is 6.54 Å². The van der Waals surface area contributed by atoms with E-state index in [1.165, 1.54) is 15.4 Å². The molecule has 4 heteroatoms. The summed E-state index contributed by atoms with van der Waals surface area (Å²) in [4.78, 5) is 7.13. The lowest BCUT2D eigenvalue weighted by molar-refractivity contribution is 0.539. The van der Waals surface area contributed by atoms with Crippen LogP contribution in [-0.4, -0.2) is 16.1 Å². The number of hydrogen-bond donors (Lipinski definition) is 1. The van der Waals surface area contributed by atoms with Gasteiger partial charge in [0.1, 0.15) is 0 Å². The molecule has 3 nitrogen and oxygen atoms in total. The summed E-state index contributed by atoms with van der Waals surface area (Å²) in [6, 6.07) is 4.46. The molecule has 0 radical (unpaired) electrons. The topological polar surface area (TPSA) is 29.9 Å². The minimum absolute atomic E-state index is 0.681. The predicted octanol–water partition coefficient (Wildman–Crippen LogP) is 3.30. The Morgan fingerprint density at radius 2 is 2.11 bits per heavy atom. The Bertz CT molecular complexity index is 499. The predicted molar refractivity (Wildman–Crippen MR) is 81.6 cm³/mol. The number of aromatic nitrogens is 2. The molecule has 0 aromatic carbocycles. The minimum atomic E-state index is 0.681. The molecule has 2 aromatic rings. The summed E-state index contributed by atoms with van der Waals surface area (Å²) in [6.45, 7) is 9.52. The third-order valence-electron chi connectivity index (χ3n) is 3.05. The maximum absolute atomic E-state index is 4.27. The van der Waals surface area contributed by atoms with E-state index in [4.69, 9.17) is 0 Å². The number of rotatable bonds is 7. The zero-order valence-corrected chi connectivity index (χ0v) is 12.8. The molecule has 19 heavy (non-hydrogen) atoms. The lowest BCUT2D eigenvalue weighted by atomic mass is 10.2. The van der Waals surface area contributed by atoms with E-state index in [0.29, 0.717) is 5.92 Å². The SMILES string of the molecule is CCc1ccc(Cn2cncc2CNCC(C)C)s1.